The lowest BCUT2D eigenvalue weighted by Crippen LogP contribution is -2.36. The molecule has 1 aliphatic rings. The first-order valence-electron chi connectivity index (χ1n) is 5.12. The van der Waals surface area contributed by atoms with E-state index in [-0.39, 0.29) is 0 Å². The van der Waals surface area contributed by atoms with Crippen molar-refractivity contribution in [1.29, 1.82) is 0 Å². The Kier molecular flexibility index (Phi) is 4.58. The molecule has 0 aliphatic carbocycles. The molecule has 0 N–H and O–H groups in total. The molecule has 0 amide bonds. The van der Waals surface area contributed by atoms with Crippen LogP contribution in [0.1, 0.15) is 12.8 Å². The highest BCUT2D eigenvalue weighted by atomic mass is 32.2. The fraction of sp³-hybridized carbons (Fsp3) is 0.900. The molecule has 1 atom stereocenters. The number of aliphatic imine (C=N–C) groups is 1. The smallest absolute Gasteiger partial charge is 0.195 e. The van der Waals surface area contributed by atoms with Gasteiger partial charge in [0.25, 0.3) is 0 Å². The second-order valence-corrected chi connectivity index (χ2v) is 5.47. The Labute approximate surface area is 91.6 Å². The van der Waals surface area contributed by atoms with E-state index < -0.39 is 0 Å². The highest BCUT2D eigenvalue weighted by molar-refractivity contribution is 8.00. The number of hydrogen-bond acceptors (Lipinski definition) is 2. The fourth-order valence-corrected chi connectivity index (χ4v) is 2.83. The van der Waals surface area contributed by atoms with Crippen LogP contribution in [0.3, 0.4) is 0 Å². The molecule has 0 bridgehead atoms. The van der Waals surface area contributed by atoms with Gasteiger partial charge >= 0.3 is 0 Å². The molecule has 0 aromatic heterocycles. The highest BCUT2D eigenvalue weighted by Crippen LogP contribution is 2.26. The summed E-state index contributed by atoms with van der Waals surface area (Å²) in [5, 5.41) is 0.755. The van der Waals surface area contributed by atoms with Crippen LogP contribution in [0.25, 0.3) is 0 Å². The normalized spacial score (nSPS) is 20.7. The average molecular weight is 215 g/mol. The topological polar surface area (TPSA) is 18.8 Å². The van der Waals surface area contributed by atoms with Crippen molar-refractivity contribution in [2.75, 3.05) is 40.5 Å². The molecule has 0 spiro atoms. The van der Waals surface area contributed by atoms with Crippen LogP contribution < -0.4 is 0 Å². The van der Waals surface area contributed by atoms with Gasteiger partial charge in [-0.1, -0.05) is 0 Å². The van der Waals surface area contributed by atoms with Gasteiger partial charge in [0.2, 0.25) is 0 Å². The van der Waals surface area contributed by atoms with Crippen molar-refractivity contribution in [2.45, 2.75) is 18.1 Å². The van der Waals surface area contributed by atoms with Crippen LogP contribution >= 0.6 is 11.8 Å². The zero-order chi connectivity index (χ0) is 10.6. The fourth-order valence-electron chi connectivity index (χ4n) is 1.65. The quantitative estimate of drug-likeness (QED) is 0.512. The van der Waals surface area contributed by atoms with E-state index in [0.717, 1.165) is 17.8 Å². The van der Waals surface area contributed by atoms with E-state index in [2.05, 4.69) is 26.6 Å². The highest BCUT2D eigenvalue weighted by Gasteiger charge is 2.15. The number of rotatable bonds is 2. The molecule has 1 fully saturated rings. The van der Waals surface area contributed by atoms with Crippen molar-refractivity contribution in [2.24, 2.45) is 4.99 Å². The van der Waals surface area contributed by atoms with Crippen LogP contribution in [-0.2, 0) is 0 Å². The lowest BCUT2D eigenvalue weighted by molar-refractivity contribution is 0.479. The van der Waals surface area contributed by atoms with Crippen molar-refractivity contribution in [3.05, 3.63) is 0 Å². The van der Waals surface area contributed by atoms with Gasteiger partial charge in [-0.2, -0.15) is 11.8 Å². The van der Waals surface area contributed by atoms with E-state index >= 15 is 0 Å². The molecule has 1 aliphatic heterocycles. The van der Waals surface area contributed by atoms with Crippen LogP contribution in [0.5, 0.6) is 0 Å². The molecule has 1 heterocycles. The summed E-state index contributed by atoms with van der Waals surface area (Å²) in [6, 6.07) is 0. The van der Waals surface area contributed by atoms with Crippen LogP contribution in [0, 0.1) is 0 Å². The number of guanidine groups is 1. The molecule has 1 rings (SSSR count). The standard InChI is InChI=1S/C10H21N3S/c1-12(2)10(13(3)4)11-8-9-6-5-7-14-9/h9H,5-8H2,1-4H3. The van der Waals surface area contributed by atoms with E-state index in [1.54, 1.807) is 0 Å². The van der Waals surface area contributed by atoms with E-state index in [0.29, 0.717) is 0 Å². The van der Waals surface area contributed by atoms with Gasteiger partial charge < -0.3 is 9.80 Å². The molecule has 1 saturated heterocycles. The molecule has 1 unspecified atom stereocenters. The predicted molar refractivity (Wildman–Crippen MR) is 65.2 cm³/mol. The predicted octanol–water partition coefficient (Wildman–Crippen LogP) is 1.36. The van der Waals surface area contributed by atoms with Gasteiger partial charge in [-0.3, -0.25) is 4.99 Å². The van der Waals surface area contributed by atoms with Gasteiger partial charge in [-0.15, -0.1) is 0 Å². The van der Waals surface area contributed by atoms with Gasteiger partial charge in [0.15, 0.2) is 5.96 Å². The van der Waals surface area contributed by atoms with Crippen molar-refractivity contribution < 1.29 is 0 Å². The van der Waals surface area contributed by atoms with E-state index in [9.17, 15) is 0 Å². The minimum Gasteiger partial charge on any atom is -0.349 e. The minimum absolute atomic E-state index is 0.755. The maximum atomic E-state index is 4.65. The molecule has 0 aromatic rings. The third-order valence-corrected chi connectivity index (χ3v) is 3.64. The lowest BCUT2D eigenvalue weighted by atomic mass is 10.2. The van der Waals surface area contributed by atoms with Crippen LogP contribution in [0.15, 0.2) is 4.99 Å². The molecule has 0 saturated carbocycles. The minimum atomic E-state index is 0.755. The Hall–Kier alpha value is -0.380. The summed E-state index contributed by atoms with van der Waals surface area (Å²) in [6.07, 6.45) is 2.70. The number of thioether (sulfide) groups is 1. The third kappa shape index (κ3) is 3.40. The molecule has 14 heavy (non-hydrogen) atoms. The molecule has 0 radical (unpaired) electrons. The largest absolute Gasteiger partial charge is 0.349 e. The summed E-state index contributed by atoms with van der Waals surface area (Å²) >= 11 is 2.06. The maximum Gasteiger partial charge on any atom is 0.195 e. The summed E-state index contributed by atoms with van der Waals surface area (Å²) in [5.74, 6) is 2.39. The van der Waals surface area contributed by atoms with Gasteiger partial charge in [0, 0.05) is 33.4 Å². The van der Waals surface area contributed by atoms with Crippen molar-refractivity contribution in [3.63, 3.8) is 0 Å². The number of nitrogens with zero attached hydrogens (tertiary/aromatic N) is 3. The summed E-state index contributed by atoms with van der Waals surface area (Å²) in [6.45, 7) is 0.969. The van der Waals surface area contributed by atoms with Crippen molar-refractivity contribution in [3.8, 4) is 0 Å². The van der Waals surface area contributed by atoms with Gasteiger partial charge in [0.05, 0.1) is 6.54 Å². The Morgan fingerprint density at radius 1 is 1.29 bits per heavy atom. The Balaban J connectivity index is 2.45. The molecule has 82 valence electrons. The van der Waals surface area contributed by atoms with Crippen molar-refractivity contribution in [1.82, 2.24) is 9.80 Å². The third-order valence-electron chi connectivity index (χ3n) is 2.26. The van der Waals surface area contributed by atoms with Gasteiger partial charge in [-0.25, -0.2) is 0 Å². The lowest BCUT2D eigenvalue weighted by Gasteiger charge is -2.23. The summed E-state index contributed by atoms with van der Waals surface area (Å²) < 4.78 is 0. The van der Waals surface area contributed by atoms with Gasteiger partial charge in [0.1, 0.15) is 0 Å². The Morgan fingerprint density at radius 2 is 1.93 bits per heavy atom. The van der Waals surface area contributed by atoms with E-state index in [1.807, 2.05) is 28.2 Å². The molecular weight excluding hydrogens is 194 g/mol. The van der Waals surface area contributed by atoms with Crippen LogP contribution in [-0.4, -0.2) is 61.5 Å². The summed E-state index contributed by atoms with van der Waals surface area (Å²) in [7, 11) is 8.17. The molecule has 0 aromatic carbocycles. The summed E-state index contributed by atoms with van der Waals surface area (Å²) in [4.78, 5) is 8.79. The first-order valence-corrected chi connectivity index (χ1v) is 6.17. The first-order chi connectivity index (χ1) is 6.61. The van der Waals surface area contributed by atoms with Gasteiger partial charge in [-0.05, 0) is 18.6 Å². The first kappa shape index (κ1) is 11.7. The Morgan fingerprint density at radius 3 is 2.36 bits per heavy atom. The maximum absolute atomic E-state index is 4.65. The molecule has 3 nitrogen and oxygen atoms in total. The summed E-state index contributed by atoms with van der Waals surface area (Å²) in [5.41, 5.74) is 0. The average Bonchev–Trinajstić information content (AvgIpc) is 2.55. The Bertz CT molecular complexity index is 186. The second-order valence-electron chi connectivity index (χ2n) is 4.06. The van der Waals surface area contributed by atoms with Crippen LogP contribution in [0.4, 0.5) is 0 Å². The number of hydrogen-bond donors (Lipinski definition) is 0. The second kappa shape index (κ2) is 5.49. The van der Waals surface area contributed by atoms with E-state index in [1.165, 1.54) is 18.6 Å². The zero-order valence-corrected chi connectivity index (χ0v) is 10.5. The monoisotopic (exact) mass is 215 g/mol. The molecule has 4 heteroatoms. The van der Waals surface area contributed by atoms with Crippen molar-refractivity contribution >= 4 is 17.7 Å². The van der Waals surface area contributed by atoms with Crippen LogP contribution in [0.2, 0.25) is 0 Å². The SMILES string of the molecule is CN(C)C(=NCC1CCCS1)N(C)C. The molecular formula is C10H21N3S. The zero-order valence-electron chi connectivity index (χ0n) is 9.66. The van der Waals surface area contributed by atoms with E-state index in [4.69, 9.17) is 0 Å².